The van der Waals surface area contributed by atoms with Gasteiger partial charge in [-0.05, 0) is 49.3 Å². The van der Waals surface area contributed by atoms with Crippen molar-refractivity contribution in [2.24, 2.45) is 17.0 Å². The van der Waals surface area contributed by atoms with Gasteiger partial charge in [0.25, 0.3) is 0 Å². The van der Waals surface area contributed by atoms with Crippen LogP contribution >= 0.6 is 0 Å². The molecule has 3 rings (SSSR count). The van der Waals surface area contributed by atoms with Crippen LogP contribution < -0.4 is 0 Å². The van der Waals surface area contributed by atoms with Gasteiger partial charge in [0, 0.05) is 11.8 Å². The molecule has 0 saturated heterocycles. The predicted octanol–water partition coefficient (Wildman–Crippen LogP) is 4.73. The van der Waals surface area contributed by atoms with Gasteiger partial charge < -0.3 is 5.21 Å². The Morgan fingerprint density at radius 3 is 2.30 bits per heavy atom. The molecule has 0 bridgehead atoms. The topological polar surface area (TPSA) is 32.6 Å². The fraction of sp³-hybridized carbons (Fsp3) is 0.588. The van der Waals surface area contributed by atoms with E-state index in [4.69, 9.17) is 0 Å². The molecule has 2 atom stereocenters. The third-order valence-electron chi connectivity index (χ3n) is 5.11. The van der Waals surface area contributed by atoms with E-state index >= 15 is 0 Å². The first-order valence-corrected chi connectivity index (χ1v) is 7.77. The third-order valence-corrected chi connectivity index (χ3v) is 5.11. The highest BCUT2D eigenvalue weighted by molar-refractivity contribution is 5.94. The maximum Gasteiger partial charge on any atom is 0.123 e. The van der Waals surface area contributed by atoms with Crippen LogP contribution in [0.1, 0.15) is 56.4 Å². The standard InChI is InChI=1S/C17H22FNO/c18-14-8-6-13(7-9-14)16-11-10-15(17(16)19-20)12-4-2-1-3-5-12/h6-9,12,15-16,20H,1-5,10-11H2. The van der Waals surface area contributed by atoms with Gasteiger partial charge in [-0.25, -0.2) is 4.39 Å². The zero-order chi connectivity index (χ0) is 13.9. The first-order chi connectivity index (χ1) is 9.79. The summed E-state index contributed by atoms with van der Waals surface area (Å²) in [4.78, 5) is 0. The highest BCUT2D eigenvalue weighted by Crippen LogP contribution is 2.43. The third kappa shape index (κ3) is 2.58. The van der Waals surface area contributed by atoms with Gasteiger partial charge in [0.1, 0.15) is 5.82 Å². The van der Waals surface area contributed by atoms with Crippen LogP contribution in [0.3, 0.4) is 0 Å². The van der Waals surface area contributed by atoms with Crippen molar-refractivity contribution in [1.29, 1.82) is 0 Å². The zero-order valence-corrected chi connectivity index (χ0v) is 11.8. The summed E-state index contributed by atoms with van der Waals surface area (Å²) in [5.74, 6) is 1.07. The Morgan fingerprint density at radius 2 is 1.65 bits per heavy atom. The molecule has 0 aliphatic heterocycles. The van der Waals surface area contributed by atoms with E-state index in [1.165, 1.54) is 44.2 Å². The molecule has 1 aromatic carbocycles. The van der Waals surface area contributed by atoms with Crippen molar-refractivity contribution in [3.63, 3.8) is 0 Å². The lowest BCUT2D eigenvalue weighted by Gasteiger charge is -2.28. The van der Waals surface area contributed by atoms with Crippen molar-refractivity contribution in [3.8, 4) is 0 Å². The van der Waals surface area contributed by atoms with Gasteiger partial charge >= 0.3 is 0 Å². The summed E-state index contributed by atoms with van der Waals surface area (Å²) in [7, 11) is 0. The number of oxime groups is 1. The molecule has 20 heavy (non-hydrogen) atoms. The van der Waals surface area contributed by atoms with E-state index in [9.17, 15) is 9.60 Å². The molecule has 2 unspecified atom stereocenters. The van der Waals surface area contributed by atoms with Gasteiger partial charge in [0.2, 0.25) is 0 Å². The number of hydrogen-bond donors (Lipinski definition) is 1. The zero-order valence-electron chi connectivity index (χ0n) is 11.8. The highest BCUT2D eigenvalue weighted by Gasteiger charge is 2.38. The monoisotopic (exact) mass is 275 g/mol. The second kappa shape index (κ2) is 5.94. The Balaban J connectivity index is 1.79. The maximum atomic E-state index is 13.0. The van der Waals surface area contributed by atoms with Crippen molar-refractivity contribution in [3.05, 3.63) is 35.6 Å². The van der Waals surface area contributed by atoms with Crippen LogP contribution in [0, 0.1) is 17.7 Å². The van der Waals surface area contributed by atoms with Crippen LogP contribution in [0.25, 0.3) is 0 Å². The van der Waals surface area contributed by atoms with Crippen LogP contribution in [0.4, 0.5) is 4.39 Å². The molecule has 2 fully saturated rings. The predicted molar refractivity (Wildman–Crippen MR) is 77.7 cm³/mol. The lowest BCUT2D eigenvalue weighted by Crippen LogP contribution is -2.23. The Labute approximate surface area is 119 Å². The average molecular weight is 275 g/mol. The van der Waals surface area contributed by atoms with Crippen LogP contribution in [-0.4, -0.2) is 10.9 Å². The number of halogens is 1. The molecule has 1 aromatic rings. The molecule has 2 saturated carbocycles. The first kappa shape index (κ1) is 13.6. The maximum absolute atomic E-state index is 13.0. The van der Waals surface area contributed by atoms with E-state index in [0.29, 0.717) is 11.8 Å². The van der Waals surface area contributed by atoms with E-state index in [1.807, 2.05) is 12.1 Å². The normalized spacial score (nSPS) is 29.9. The van der Waals surface area contributed by atoms with Gasteiger partial charge in [-0.15, -0.1) is 0 Å². The van der Waals surface area contributed by atoms with E-state index in [-0.39, 0.29) is 11.7 Å². The minimum absolute atomic E-state index is 0.174. The molecule has 2 aliphatic rings. The second-order valence-electron chi connectivity index (χ2n) is 6.21. The number of hydrogen-bond acceptors (Lipinski definition) is 2. The quantitative estimate of drug-likeness (QED) is 0.614. The first-order valence-electron chi connectivity index (χ1n) is 7.77. The summed E-state index contributed by atoms with van der Waals surface area (Å²) in [6, 6.07) is 6.65. The molecule has 3 heteroatoms. The lowest BCUT2D eigenvalue weighted by molar-refractivity contribution is 0.281. The van der Waals surface area contributed by atoms with E-state index < -0.39 is 0 Å². The minimum atomic E-state index is -0.210. The van der Waals surface area contributed by atoms with Crippen molar-refractivity contribution < 1.29 is 9.60 Å². The minimum Gasteiger partial charge on any atom is -0.411 e. The number of rotatable bonds is 2. The lowest BCUT2D eigenvalue weighted by atomic mass is 9.77. The summed E-state index contributed by atoms with van der Waals surface area (Å²) >= 11 is 0. The van der Waals surface area contributed by atoms with Crippen LogP contribution in [0.2, 0.25) is 0 Å². The molecule has 108 valence electrons. The second-order valence-corrected chi connectivity index (χ2v) is 6.21. The molecular formula is C17H22FNO. The fourth-order valence-electron chi connectivity index (χ4n) is 4.09. The molecule has 0 spiro atoms. The van der Waals surface area contributed by atoms with Crippen molar-refractivity contribution in [1.82, 2.24) is 0 Å². The number of nitrogens with zero attached hydrogens (tertiary/aromatic N) is 1. The van der Waals surface area contributed by atoms with Crippen molar-refractivity contribution >= 4 is 5.71 Å². The van der Waals surface area contributed by atoms with Gasteiger partial charge in [-0.2, -0.15) is 0 Å². The van der Waals surface area contributed by atoms with Crippen molar-refractivity contribution in [2.75, 3.05) is 0 Å². The van der Waals surface area contributed by atoms with E-state index in [0.717, 1.165) is 24.1 Å². The van der Waals surface area contributed by atoms with Gasteiger partial charge in [-0.1, -0.05) is 36.6 Å². The van der Waals surface area contributed by atoms with E-state index in [1.54, 1.807) is 0 Å². The summed E-state index contributed by atoms with van der Waals surface area (Å²) < 4.78 is 13.0. The smallest absolute Gasteiger partial charge is 0.123 e. The Kier molecular flexibility index (Phi) is 4.04. The van der Waals surface area contributed by atoms with Crippen LogP contribution in [0.15, 0.2) is 29.4 Å². The molecule has 2 nitrogen and oxygen atoms in total. The van der Waals surface area contributed by atoms with Gasteiger partial charge in [0.15, 0.2) is 0 Å². The van der Waals surface area contributed by atoms with E-state index in [2.05, 4.69) is 5.16 Å². The molecule has 2 aliphatic carbocycles. The largest absolute Gasteiger partial charge is 0.411 e. The van der Waals surface area contributed by atoms with Gasteiger partial charge in [-0.3, -0.25) is 0 Å². The van der Waals surface area contributed by atoms with Crippen LogP contribution in [0.5, 0.6) is 0 Å². The summed E-state index contributed by atoms with van der Waals surface area (Å²) in [6.07, 6.45) is 8.61. The summed E-state index contributed by atoms with van der Waals surface area (Å²) in [5, 5.41) is 13.1. The molecule has 1 N–H and O–H groups in total. The highest BCUT2D eigenvalue weighted by atomic mass is 19.1. The Bertz CT molecular complexity index is 476. The molecule has 0 radical (unpaired) electrons. The Hall–Kier alpha value is -1.38. The fourth-order valence-corrected chi connectivity index (χ4v) is 4.09. The average Bonchev–Trinajstić information content (AvgIpc) is 2.93. The molecule has 0 amide bonds. The Morgan fingerprint density at radius 1 is 0.950 bits per heavy atom. The summed E-state index contributed by atoms with van der Waals surface area (Å²) in [5.41, 5.74) is 2.01. The molecular weight excluding hydrogens is 253 g/mol. The van der Waals surface area contributed by atoms with Crippen molar-refractivity contribution in [2.45, 2.75) is 50.9 Å². The molecule has 0 heterocycles. The molecule has 0 aromatic heterocycles. The SMILES string of the molecule is ON=C1C(c2ccc(F)cc2)CCC1C1CCCCC1. The number of benzene rings is 1. The van der Waals surface area contributed by atoms with Gasteiger partial charge in [0.05, 0.1) is 5.71 Å². The van der Waals surface area contributed by atoms with Crippen LogP contribution in [-0.2, 0) is 0 Å². The summed E-state index contributed by atoms with van der Waals surface area (Å²) in [6.45, 7) is 0.